The predicted molar refractivity (Wildman–Crippen MR) is 112 cm³/mol. The molecule has 0 heteroatoms. The van der Waals surface area contributed by atoms with Gasteiger partial charge in [0.1, 0.15) is 0 Å². The summed E-state index contributed by atoms with van der Waals surface area (Å²) in [5.41, 5.74) is 4.68. The molecule has 4 rings (SSSR count). The number of rotatable bonds is 2. The van der Waals surface area contributed by atoms with E-state index in [9.17, 15) is 0 Å². The van der Waals surface area contributed by atoms with Gasteiger partial charge in [0.2, 0.25) is 0 Å². The summed E-state index contributed by atoms with van der Waals surface area (Å²) in [7, 11) is 0. The Morgan fingerprint density at radius 1 is 0.654 bits per heavy atom. The van der Waals surface area contributed by atoms with E-state index in [1.807, 2.05) is 42.5 Å². The number of allylic oxidation sites excluding steroid dienone is 1. The molecule has 26 heavy (non-hydrogen) atoms. The van der Waals surface area contributed by atoms with Gasteiger partial charge in [0.15, 0.2) is 0 Å². The standard InChI is InChI=1S/C26H18/c1-3-10-21(11-4-1)12-7-8-13-22-18-19-24-16-9-17-25(26(24)20-22)23-14-5-2-6-15-23/h1-6,8-11,13-20H/b13-8+. The van der Waals surface area contributed by atoms with Gasteiger partial charge in [-0.05, 0) is 57.8 Å². The highest BCUT2D eigenvalue weighted by molar-refractivity contribution is 5.97. The van der Waals surface area contributed by atoms with Crippen LogP contribution in [-0.2, 0) is 0 Å². The Kier molecular flexibility index (Phi) is 4.63. The molecule has 0 amide bonds. The first-order chi connectivity index (χ1) is 12.9. The molecule has 122 valence electrons. The Morgan fingerprint density at radius 2 is 1.42 bits per heavy atom. The van der Waals surface area contributed by atoms with Crippen molar-refractivity contribution in [3.05, 3.63) is 114 Å². The number of fused-ring (bicyclic) bond motifs is 1. The molecule has 0 aliphatic rings. The number of hydrogen-bond acceptors (Lipinski definition) is 0. The smallest absolute Gasteiger partial charge is 0.0248 e. The van der Waals surface area contributed by atoms with Gasteiger partial charge < -0.3 is 0 Å². The van der Waals surface area contributed by atoms with Crippen molar-refractivity contribution in [2.75, 3.05) is 0 Å². The summed E-state index contributed by atoms with van der Waals surface area (Å²) in [6.07, 6.45) is 3.98. The lowest BCUT2D eigenvalue weighted by Gasteiger charge is -2.07. The Morgan fingerprint density at radius 3 is 2.23 bits per heavy atom. The molecule has 0 spiro atoms. The van der Waals surface area contributed by atoms with E-state index in [1.54, 1.807) is 0 Å². The van der Waals surface area contributed by atoms with Crippen LogP contribution in [0.2, 0.25) is 0 Å². The second kappa shape index (κ2) is 7.55. The first-order valence-corrected chi connectivity index (χ1v) is 8.71. The third kappa shape index (κ3) is 3.58. The highest BCUT2D eigenvalue weighted by Crippen LogP contribution is 2.29. The van der Waals surface area contributed by atoms with Gasteiger partial charge in [-0.3, -0.25) is 0 Å². The van der Waals surface area contributed by atoms with Crippen LogP contribution in [0.3, 0.4) is 0 Å². The van der Waals surface area contributed by atoms with Crippen LogP contribution >= 0.6 is 0 Å². The van der Waals surface area contributed by atoms with Crippen LogP contribution in [0.25, 0.3) is 28.0 Å². The second-order valence-corrected chi connectivity index (χ2v) is 6.12. The molecule has 0 bridgehead atoms. The quantitative estimate of drug-likeness (QED) is 0.365. The van der Waals surface area contributed by atoms with E-state index in [0.717, 1.165) is 11.1 Å². The summed E-state index contributed by atoms with van der Waals surface area (Å²) in [5.74, 6) is 6.27. The SMILES string of the molecule is C(#Cc1ccccc1)/C=C/c1ccc2cccc(-c3ccccc3)c2c1. The molecule has 0 aromatic heterocycles. The van der Waals surface area contributed by atoms with E-state index < -0.39 is 0 Å². The average molecular weight is 330 g/mol. The van der Waals surface area contributed by atoms with Crippen LogP contribution in [0.4, 0.5) is 0 Å². The van der Waals surface area contributed by atoms with Gasteiger partial charge in [-0.1, -0.05) is 90.7 Å². The Balaban J connectivity index is 1.67. The summed E-state index contributed by atoms with van der Waals surface area (Å²) in [4.78, 5) is 0. The molecule has 0 N–H and O–H groups in total. The molecule has 0 saturated carbocycles. The van der Waals surface area contributed by atoms with Gasteiger partial charge in [0, 0.05) is 5.56 Å². The van der Waals surface area contributed by atoms with Crippen molar-refractivity contribution >= 4 is 16.8 Å². The molecule has 0 aliphatic carbocycles. The molecule has 0 unspecified atom stereocenters. The molecule has 0 saturated heterocycles. The average Bonchev–Trinajstić information content (AvgIpc) is 2.72. The minimum absolute atomic E-state index is 1.03. The number of hydrogen-bond donors (Lipinski definition) is 0. The van der Waals surface area contributed by atoms with E-state index in [1.165, 1.54) is 21.9 Å². The van der Waals surface area contributed by atoms with E-state index in [0.29, 0.717) is 0 Å². The normalized spacial score (nSPS) is 10.6. The third-order valence-corrected chi connectivity index (χ3v) is 4.34. The van der Waals surface area contributed by atoms with Crippen molar-refractivity contribution in [2.24, 2.45) is 0 Å². The van der Waals surface area contributed by atoms with Crippen molar-refractivity contribution in [1.82, 2.24) is 0 Å². The van der Waals surface area contributed by atoms with Crippen LogP contribution in [0, 0.1) is 11.8 Å². The summed E-state index contributed by atoms with van der Waals surface area (Å²) in [5, 5.41) is 2.51. The van der Waals surface area contributed by atoms with E-state index in [4.69, 9.17) is 0 Å². The topological polar surface area (TPSA) is 0 Å². The summed E-state index contributed by atoms with van der Waals surface area (Å²) in [6, 6.07) is 33.6. The summed E-state index contributed by atoms with van der Waals surface area (Å²) < 4.78 is 0. The lowest BCUT2D eigenvalue weighted by molar-refractivity contribution is 1.64. The highest BCUT2D eigenvalue weighted by Gasteiger charge is 2.03. The van der Waals surface area contributed by atoms with Crippen molar-refractivity contribution in [2.45, 2.75) is 0 Å². The highest BCUT2D eigenvalue weighted by atomic mass is 14.1. The molecule has 0 radical (unpaired) electrons. The fourth-order valence-electron chi connectivity index (χ4n) is 3.05. The second-order valence-electron chi connectivity index (χ2n) is 6.12. The summed E-state index contributed by atoms with van der Waals surface area (Å²) in [6.45, 7) is 0. The molecule has 0 aliphatic heterocycles. The maximum absolute atomic E-state index is 3.15. The fourth-order valence-corrected chi connectivity index (χ4v) is 3.05. The van der Waals surface area contributed by atoms with Gasteiger partial charge >= 0.3 is 0 Å². The van der Waals surface area contributed by atoms with E-state index in [-0.39, 0.29) is 0 Å². The first-order valence-electron chi connectivity index (χ1n) is 8.71. The molecule has 0 heterocycles. The maximum Gasteiger partial charge on any atom is 0.0248 e. The zero-order valence-electron chi connectivity index (χ0n) is 14.4. The number of benzene rings is 4. The zero-order valence-corrected chi connectivity index (χ0v) is 14.4. The van der Waals surface area contributed by atoms with Gasteiger partial charge in [-0.2, -0.15) is 0 Å². The molecule has 4 aromatic rings. The van der Waals surface area contributed by atoms with E-state index >= 15 is 0 Å². The lowest BCUT2D eigenvalue weighted by atomic mass is 9.97. The van der Waals surface area contributed by atoms with Crippen molar-refractivity contribution in [3.8, 4) is 23.0 Å². The van der Waals surface area contributed by atoms with Crippen LogP contribution in [0.5, 0.6) is 0 Å². The first kappa shape index (κ1) is 15.9. The van der Waals surface area contributed by atoms with Crippen molar-refractivity contribution in [1.29, 1.82) is 0 Å². The monoisotopic (exact) mass is 330 g/mol. The Hall–Kier alpha value is -3.56. The molecular weight excluding hydrogens is 312 g/mol. The third-order valence-electron chi connectivity index (χ3n) is 4.34. The van der Waals surface area contributed by atoms with Crippen LogP contribution in [0.15, 0.2) is 103 Å². The molecule has 0 atom stereocenters. The van der Waals surface area contributed by atoms with Crippen LogP contribution < -0.4 is 0 Å². The minimum Gasteiger partial charge on any atom is -0.0696 e. The van der Waals surface area contributed by atoms with Gasteiger partial charge in [-0.25, -0.2) is 0 Å². The largest absolute Gasteiger partial charge is 0.0696 e. The van der Waals surface area contributed by atoms with Crippen molar-refractivity contribution < 1.29 is 0 Å². The van der Waals surface area contributed by atoms with Gasteiger partial charge in [-0.15, -0.1) is 0 Å². The van der Waals surface area contributed by atoms with Crippen molar-refractivity contribution in [3.63, 3.8) is 0 Å². The Labute approximate surface area is 154 Å². The van der Waals surface area contributed by atoms with Gasteiger partial charge in [0.05, 0.1) is 0 Å². The zero-order chi connectivity index (χ0) is 17.6. The van der Waals surface area contributed by atoms with Gasteiger partial charge in [0.25, 0.3) is 0 Å². The molecule has 4 aromatic carbocycles. The van der Waals surface area contributed by atoms with Crippen LogP contribution in [-0.4, -0.2) is 0 Å². The molecule has 0 fully saturated rings. The predicted octanol–water partition coefficient (Wildman–Crippen LogP) is 6.57. The van der Waals surface area contributed by atoms with Crippen LogP contribution in [0.1, 0.15) is 11.1 Å². The Bertz CT molecular complexity index is 1110. The van der Waals surface area contributed by atoms with E-state index in [2.05, 4.69) is 78.6 Å². The molecular formula is C26H18. The lowest BCUT2D eigenvalue weighted by Crippen LogP contribution is -1.82. The summed E-state index contributed by atoms with van der Waals surface area (Å²) >= 11 is 0. The molecule has 0 nitrogen and oxygen atoms in total. The fraction of sp³-hybridized carbons (Fsp3) is 0. The maximum atomic E-state index is 3.15. The minimum atomic E-state index is 1.03.